The molecule has 0 bridgehead atoms. The van der Waals surface area contributed by atoms with Crippen molar-refractivity contribution in [3.05, 3.63) is 17.5 Å². The predicted octanol–water partition coefficient (Wildman–Crippen LogP) is 1.73. The molecule has 0 aromatic carbocycles. The van der Waals surface area contributed by atoms with Crippen molar-refractivity contribution in [1.29, 1.82) is 0 Å². The fourth-order valence-corrected chi connectivity index (χ4v) is 2.51. The Balaban J connectivity index is 2.18. The molecule has 96 valence electrons. The minimum Gasteiger partial charge on any atom is -0.467 e. The van der Waals surface area contributed by atoms with Gasteiger partial charge in [0.15, 0.2) is 0 Å². The normalized spacial score (nSPS) is 18.9. The number of nitrogens with one attached hydrogen (secondary N) is 1. The quantitative estimate of drug-likeness (QED) is 0.832. The van der Waals surface area contributed by atoms with Crippen LogP contribution in [0.4, 0.5) is 0 Å². The summed E-state index contributed by atoms with van der Waals surface area (Å²) in [7, 11) is 3.75. The summed E-state index contributed by atoms with van der Waals surface area (Å²) in [5, 5.41) is 0. The first kappa shape index (κ1) is 11.5. The molecule has 18 heavy (non-hydrogen) atoms. The van der Waals surface area contributed by atoms with Gasteiger partial charge in [-0.05, 0) is 27.3 Å². The summed E-state index contributed by atoms with van der Waals surface area (Å²) in [4.78, 5) is 14.4. The summed E-state index contributed by atoms with van der Waals surface area (Å²) in [5.41, 5.74) is 4.69. The molecule has 0 atom stereocenters. The summed E-state index contributed by atoms with van der Waals surface area (Å²) in [6, 6.07) is 0.432. The third-order valence-corrected chi connectivity index (χ3v) is 3.92. The van der Waals surface area contributed by atoms with Gasteiger partial charge in [0, 0.05) is 23.3 Å². The maximum atomic E-state index is 5.11. The third kappa shape index (κ3) is 1.58. The van der Waals surface area contributed by atoms with Crippen LogP contribution in [0.15, 0.2) is 6.20 Å². The average Bonchev–Trinajstić information content (AvgIpc) is 2.66. The van der Waals surface area contributed by atoms with Gasteiger partial charge in [-0.15, -0.1) is 0 Å². The van der Waals surface area contributed by atoms with E-state index in [1.54, 1.807) is 13.3 Å². The Morgan fingerprint density at radius 1 is 1.44 bits per heavy atom. The van der Waals surface area contributed by atoms with Crippen molar-refractivity contribution >= 4 is 11.0 Å². The lowest BCUT2D eigenvalue weighted by atomic mass is 9.89. The van der Waals surface area contributed by atoms with Crippen LogP contribution in [0.1, 0.15) is 25.1 Å². The summed E-state index contributed by atoms with van der Waals surface area (Å²) in [6.07, 6.45) is 2.78. The number of rotatable bonds is 1. The molecule has 3 rings (SSSR count). The van der Waals surface area contributed by atoms with Crippen LogP contribution < -0.4 is 4.74 Å². The van der Waals surface area contributed by atoms with Gasteiger partial charge in [0.1, 0.15) is 0 Å². The number of hydrogen-bond donors (Lipinski definition) is 1. The van der Waals surface area contributed by atoms with E-state index in [1.165, 1.54) is 11.3 Å². The Bertz CT molecular complexity index is 602. The molecule has 0 spiro atoms. The number of ether oxygens (including phenoxy) is 1. The van der Waals surface area contributed by atoms with E-state index in [9.17, 15) is 0 Å². The Hall–Kier alpha value is -1.62. The monoisotopic (exact) mass is 246 g/mol. The highest BCUT2D eigenvalue weighted by Crippen LogP contribution is 2.33. The fraction of sp³-hybridized carbons (Fsp3) is 0.538. The number of aromatic nitrogens is 3. The number of hydrogen-bond acceptors (Lipinski definition) is 4. The van der Waals surface area contributed by atoms with Crippen molar-refractivity contribution in [3.63, 3.8) is 0 Å². The van der Waals surface area contributed by atoms with E-state index >= 15 is 0 Å². The maximum absolute atomic E-state index is 5.11. The number of H-pyrrole nitrogens is 1. The molecule has 1 aliphatic heterocycles. The van der Waals surface area contributed by atoms with Crippen LogP contribution in [-0.4, -0.2) is 39.5 Å². The van der Waals surface area contributed by atoms with Crippen LogP contribution in [0.2, 0.25) is 0 Å². The number of fused-ring (bicyclic) bond motifs is 3. The highest BCUT2D eigenvalue weighted by atomic mass is 16.5. The van der Waals surface area contributed by atoms with Gasteiger partial charge < -0.3 is 9.72 Å². The van der Waals surface area contributed by atoms with Crippen LogP contribution in [0.3, 0.4) is 0 Å². The lowest BCUT2D eigenvalue weighted by Gasteiger charge is -2.39. The molecule has 0 fully saturated rings. The Kier molecular flexibility index (Phi) is 2.35. The number of nitrogens with zero attached hydrogens (tertiary/aromatic N) is 3. The topological polar surface area (TPSA) is 54.0 Å². The first-order valence-electron chi connectivity index (χ1n) is 6.13. The van der Waals surface area contributed by atoms with Crippen LogP contribution in [0, 0.1) is 0 Å². The molecule has 3 heterocycles. The smallest absolute Gasteiger partial charge is 0.316 e. The molecule has 0 saturated carbocycles. The summed E-state index contributed by atoms with van der Waals surface area (Å²) in [5.74, 6) is 0. The first-order chi connectivity index (χ1) is 8.51. The molecule has 0 radical (unpaired) electrons. The van der Waals surface area contributed by atoms with Crippen LogP contribution >= 0.6 is 0 Å². The molecule has 0 aliphatic carbocycles. The van der Waals surface area contributed by atoms with E-state index in [0.717, 1.165) is 24.0 Å². The van der Waals surface area contributed by atoms with E-state index in [-0.39, 0.29) is 5.54 Å². The molecule has 0 amide bonds. The molecule has 1 aliphatic rings. The molecule has 0 saturated heterocycles. The zero-order valence-corrected chi connectivity index (χ0v) is 11.2. The van der Waals surface area contributed by atoms with Crippen molar-refractivity contribution in [2.45, 2.75) is 32.4 Å². The van der Waals surface area contributed by atoms with Crippen LogP contribution in [0.25, 0.3) is 11.0 Å². The molecule has 5 nitrogen and oxygen atoms in total. The van der Waals surface area contributed by atoms with Gasteiger partial charge in [0.25, 0.3) is 0 Å². The standard InChI is InChI=1S/C13H18N4O/c1-13(2)5-8-10(7-17(13)3)15-9-6-14-12(18-4)16-11(8)9/h6,15H,5,7H2,1-4H3. The van der Waals surface area contributed by atoms with Crippen molar-refractivity contribution in [3.8, 4) is 6.01 Å². The lowest BCUT2D eigenvalue weighted by molar-refractivity contribution is 0.132. The summed E-state index contributed by atoms with van der Waals surface area (Å²) >= 11 is 0. The molecule has 0 unspecified atom stereocenters. The van der Waals surface area contributed by atoms with E-state index in [2.05, 4.69) is 40.7 Å². The number of methoxy groups -OCH3 is 1. The van der Waals surface area contributed by atoms with E-state index < -0.39 is 0 Å². The van der Waals surface area contributed by atoms with Crippen molar-refractivity contribution in [1.82, 2.24) is 19.9 Å². The van der Waals surface area contributed by atoms with Crippen molar-refractivity contribution < 1.29 is 4.74 Å². The zero-order chi connectivity index (χ0) is 12.9. The number of likely N-dealkylation sites (N-methyl/N-ethyl adjacent to an activating group) is 1. The Morgan fingerprint density at radius 3 is 2.94 bits per heavy atom. The second-order valence-electron chi connectivity index (χ2n) is 5.55. The van der Waals surface area contributed by atoms with E-state index in [4.69, 9.17) is 4.74 Å². The summed E-state index contributed by atoms with van der Waals surface area (Å²) < 4.78 is 5.11. The van der Waals surface area contributed by atoms with Crippen LogP contribution in [0.5, 0.6) is 6.01 Å². The van der Waals surface area contributed by atoms with Gasteiger partial charge >= 0.3 is 6.01 Å². The van der Waals surface area contributed by atoms with Crippen LogP contribution in [-0.2, 0) is 13.0 Å². The molecule has 5 heteroatoms. The SMILES string of the molecule is COc1ncc2[nH]c3c(c2n1)CC(C)(C)N(C)C3. The highest BCUT2D eigenvalue weighted by molar-refractivity contribution is 5.80. The molecule has 1 N–H and O–H groups in total. The Labute approximate surface area is 106 Å². The predicted molar refractivity (Wildman–Crippen MR) is 69.7 cm³/mol. The van der Waals surface area contributed by atoms with Gasteiger partial charge in [-0.2, -0.15) is 4.98 Å². The zero-order valence-electron chi connectivity index (χ0n) is 11.2. The van der Waals surface area contributed by atoms with Gasteiger partial charge in [0.2, 0.25) is 0 Å². The second-order valence-corrected chi connectivity index (χ2v) is 5.55. The third-order valence-electron chi connectivity index (χ3n) is 3.92. The lowest BCUT2D eigenvalue weighted by Crippen LogP contribution is -2.45. The van der Waals surface area contributed by atoms with Gasteiger partial charge in [-0.3, -0.25) is 4.90 Å². The average molecular weight is 246 g/mol. The van der Waals surface area contributed by atoms with E-state index in [1.807, 2.05) is 0 Å². The molecule has 2 aromatic heterocycles. The van der Waals surface area contributed by atoms with Gasteiger partial charge in [0.05, 0.1) is 24.3 Å². The first-order valence-corrected chi connectivity index (χ1v) is 6.13. The number of aromatic amines is 1. The minimum atomic E-state index is 0.153. The van der Waals surface area contributed by atoms with Crippen molar-refractivity contribution in [2.75, 3.05) is 14.2 Å². The largest absolute Gasteiger partial charge is 0.467 e. The van der Waals surface area contributed by atoms with Gasteiger partial charge in [-0.25, -0.2) is 4.98 Å². The second kappa shape index (κ2) is 3.68. The molecular formula is C13H18N4O. The van der Waals surface area contributed by atoms with E-state index in [0.29, 0.717) is 6.01 Å². The van der Waals surface area contributed by atoms with Gasteiger partial charge in [-0.1, -0.05) is 0 Å². The minimum absolute atomic E-state index is 0.153. The molecular weight excluding hydrogens is 228 g/mol. The Morgan fingerprint density at radius 2 is 2.22 bits per heavy atom. The summed E-state index contributed by atoms with van der Waals surface area (Å²) in [6.45, 7) is 5.43. The molecule has 2 aromatic rings. The highest BCUT2D eigenvalue weighted by Gasteiger charge is 2.32. The maximum Gasteiger partial charge on any atom is 0.316 e. The fourth-order valence-electron chi connectivity index (χ4n) is 2.51. The van der Waals surface area contributed by atoms with Crippen molar-refractivity contribution in [2.24, 2.45) is 0 Å².